The summed E-state index contributed by atoms with van der Waals surface area (Å²) in [5, 5.41) is 5.32. The molecule has 0 unspecified atom stereocenters. The highest BCUT2D eigenvalue weighted by Gasteiger charge is 2.10. The number of hydrogen-bond acceptors (Lipinski definition) is 2. The lowest BCUT2D eigenvalue weighted by atomic mass is 10.2. The molecule has 2 amide bonds. The van der Waals surface area contributed by atoms with Crippen LogP contribution in [-0.2, 0) is 16.1 Å². The summed E-state index contributed by atoms with van der Waals surface area (Å²) in [7, 11) is 0. The van der Waals surface area contributed by atoms with E-state index in [-0.39, 0.29) is 30.6 Å². The van der Waals surface area contributed by atoms with Gasteiger partial charge in [0.2, 0.25) is 11.8 Å². The second kappa shape index (κ2) is 7.36. The van der Waals surface area contributed by atoms with Crippen molar-refractivity contribution in [2.24, 2.45) is 0 Å². The molecule has 0 aliphatic rings. The number of halogens is 1. The van der Waals surface area contributed by atoms with Crippen molar-refractivity contribution in [1.29, 1.82) is 0 Å². The summed E-state index contributed by atoms with van der Waals surface area (Å²) in [5.41, 5.74) is 2.40. The first-order chi connectivity index (χ1) is 10.5. The molecule has 0 spiro atoms. The number of rotatable bonds is 5. The predicted molar refractivity (Wildman–Crippen MR) is 82.7 cm³/mol. The second-order valence-electron chi connectivity index (χ2n) is 4.94. The van der Waals surface area contributed by atoms with Crippen LogP contribution in [0.3, 0.4) is 0 Å². The molecule has 0 aromatic heterocycles. The average molecular weight is 300 g/mol. The standard InChI is InChI=1S/C17H17FN2O2/c1-12-4-2-3-5-15(12)20-17(22)10-16(21)19-11-13-6-8-14(18)9-7-13/h2-9H,10-11H2,1H3,(H,19,21)(H,20,22). The molecule has 114 valence electrons. The van der Waals surface area contributed by atoms with Crippen LogP contribution in [0.15, 0.2) is 48.5 Å². The van der Waals surface area contributed by atoms with Gasteiger partial charge in [-0.25, -0.2) is 4.39 Å². The van der Waals surface area contributed by atoms with E-state index in [1.54, 1.807) is 18.2 Å². The van der Waals surface area contributed by atoms with Crippen LogP contribution in [0.2, 0.25) is 0 Å². The van der Waals surface area contributed by atoms with Gasteiger partial charge < -0.3 is 10.6 Å². The van der Waals surface area contributed by atoms with Gasteiger partial charge in [0.05, 0.1) is 0 Å². The lowest BCUT2D eigenvalue weighted by Gasteiger charge is -2.08. The maximum Gasteiger partial charge on any atom is 0.233 e. The average Bonchev–Trinajstić information content (AvgIpc) is 2.49. The van der Waals surface area contributed by atoms with Crippen LogP contribution in [0.1, 0.15) is 17.5 Å². The Morgan fingerprint density at radius 1 is 1.00 bits per heavy atom. The van der Waals surface area contributed by atoms with Gasteiger partial charge in [-0.2, -0.15) is 0 Å². The third-order valence-electron chi connectivity index (χ3n) is 3.14. The monoisotopic (exact) mass is 300 g/mol. The fourth-order valence-corrected chi connectivity index (χ4v) is 1.92. The first-order valence-electron chi connectivity index (χ1n) is 6.91. The van der Waals surface area contributed by atoms with Gasteiger partial charge in [0.1, 0.15) is 12.2 Å². The van der Waals surface area contributed by atoms with Crippen LogP contribution in [0, 0.1) is 12.7 Å². The Balaban J connectivity index is 1.80. The van der Waals surface area contributed by atoms with Crippen LogP contribution in [-0.4, -0.2) is 11.8 Å². The summed E-state index contributed by atoms with van der Waals surface area (Å²) in [5.74, 6) is -1.07. The van der Waals surface area contributed by atoms with Crippen LogP contribution in [0.4, 0.5) is 10.1 Å². The van der Waals surface area contributed by atoms with Gasteiger partial charge in [-0.3, -0.25) is 9.59 Å². The Bertz CT molecular complexity index is 669. The number of para-hydroxylation sites is 1. The molecule has 2 aromatic rings. The Morgan fingerprint density at radius 3 is 2.36 bits per heavy atom. The number of benzene rings is 2. The minimum atomic E-state index is -0.379. The third-order valence-corrected chi connectivity index (χ3v) is 3.14. The number of hydrogen-bond donors (Lipinski definition) is 2. The molecule has 0 atom stereocenters. The quantitative estimate of drug-likeness (QED) is 0.834. The van der Waals surface area contributed by atoms with E-state index in [4.69, 9.17) is 0 Å². The molecule has 0 bridgehead atoms. The zero-order valence-electron chi connectivity index (χ0n) is 12.2. The molecule has 0 radical (unpaired) electrons. The molecule has 5 heteroatoms. The van der Waals surface area contributed by atoms with E-state index in [2.05, 4.69) is 10.6 Å². The first-order valence-corrected chi connectivity index (χ1v) is 6.91. The number of aryl methyl sites for hydroxylation is 1. The van der Waals surface area contributed by atoms with Crippen molar-refractivity contribution in [1.82, 2.24) is 5.32 Å². The van der Waals surface area contributed by atoms with Crippen LogP contribution >= 0.6 is 0 Å². The van der Waals surface area contributed by atoms with Gasteiger partial charge in [0.25, 0.3) is 0 Å². The smallest absolute Gasteiger partial charge is 0.233 e. The summed E-state index contributed by atoms with van der Waals surface area (Å²) < 4.78 is 12.8. The minimum Gasteiger partial charge on any atom is -0.352 e. The SMILES string of the molecule is Cc1ccccc1NC(=O)CC(=O)NCc1ccc(F)cc1. The molecule has 0 aliphatic carbocycles. The number of anilines is 1. The van der Waals surface area contributed by atoms with Crippen LogP contribution < -0.4 is 10.6 Å². The number of carbonyl (C=O) groups excluding carboxylic acids is 2. The number of carbonyl (C=O) groups is 2. The van der Waals surface area contributed by atoms with Crippen LogP contribution in [0.25, 0.3) is 0 Å². The van der Waals surface area contributed by atoms with Crippen molar-refractivity contribution in [3.8, 4) is 0 Å². The Labute approximate surface area is 128 Å². The Morgan fingerprint density at radius 2 is 1.68 bits per heavy atom. The van der Waals surface area contributed by atoms with E-state index in [9.17, 15) is 14.0 Å². The second-order valence-corrected chi connectivity index (χ2v) is 4.94. The predicted octanol–water partition coefficient (Wildman–Crippen LogP) is 2.78. The molecule has 2 N–H and O–H groups in total. The first kappa shape index (κ1) is 15.7. The van der Waals surface area contributed by atoms with E-state index in [1.165, 1.54) is 12.1 Å². The van der Waals surface area contributed by atoms with Gasteiger partial charge in [-0.15, -0.1) is 0 Å². The minimum absolute atomic E-state index is 0.254. The summed E-state index contributed by atoms with van der Waals surface area (Å²) in [6, 6.07) is 13.2. The molecule has 2 aromatic carbocycles. The van der Waals surface area contributed by atoms with Crippen LogP contribution in [0.5, 0.6) is 0 Å². The molecule has 22 heavy (non-hydrogen) atoms. The van der Waals surface area contributed by atoms with Gasteiger partial charge in [-0.1, -0.05) is 30.3 Å². The fourth-order valence-electron chi connectivity index (χ4n) is 1.92. The van der Waals surface area contributed by atoms with E-state index < -0.39 is 0 Å². The highest BCUT2D eigenvalue weighted by Crippen LogP contribution is 2.13. The zero-order valence-corrected chi connectivity index (χ0v) is 12.2. The normalized spacial score (nSPS) is 10.1. The third kappa shape index (κ3) is 4.70. The summed E-state index contributed by atoms with van der Waals surface area (Å²) in [4.78, 5) is 23.5. The lowest BCUT2D eigenvalue weighted by Crippen LogP contribution is -2.27. The number of nitrogens with one attached hydrogen (secondary N) is 2. The maximum absolute atomic E-state index is 12.8. The van der Waals surface area contributed by atoms with E-state index in [0.717, 1.165) is 11.1 Å². The van der Waals surface area contributed by atoms with E-state index in [0.29, 0.717) is 5.69 Å². The summed E-state index contributed by atoms with van der Waals surface area (Å²) >= 11 is 0. The largest absolute Gasteiger partial charge is 0.352 e. The van der Waals surface area contributed by atoms with Crippen molar-refractivity contribution >= 4 is 17.5 Å². The highest BCUT2D eigenvalue weighted by molar-refractivity contribution is 6.03. The van der Waals surface area contributed by atoms with E-state index >= 15 is 0 Å². The molecular weight excluding hydrogens is 283 g/mol. The van der Waals surface area contributed by atoms with Crippen molar-refractivity contribution in [3.63, 3.8) is 0 Å². The Kier molecular flexibility index (Phi) is 5.25. The molecular formula is C17H17FN2O2. The maximum atomic E-state index is 12.8. The van der Waals surface area contributed by atoms with Gasteiger partial charge in [0.15, 0.2) is 0 Å². The molecule has 0 heterocycles. The fraction of sp³-hybridized carbons (Fsp3) is 0.176. The van der Waals surface area contributed by atoms with Crippen molar-refractivity contribution in [2.75, 3.05) is 5.32 Å². The van der Waals surface area contributed by atoms with Crippen molar-refractivity contribution < 1.29 is 14.0 Å². The van der Waals surface area contributed by atoms with Crippen molar-refractivity contribution in [2.45, 2.75) is 19.9 Å². The number of amides is 2. The molecule has 2 rings (SSSR count). The zero-order chi connectivity index (χ0) is 15.9. The van der Waals surface area contributed by atoms with Crippen molar-refractivity contribution in [3.05, 3.63) is 65.5 Å². The van der Waals surface area contributed by atoms with Gasteiger partial charge in [0, 0.05) is 12.2 Å². The Hall–Kier alpha value is -2.69. The summed E-state index contributed by atoms with van der Waals surface area (Å²) in [6.07, 6.45) is -0.254. The molecule has 0 fully saturated rings. The van der Waals surface area contributed by atoms with Gasteiger partial charge >= 0.3 is 0 Å². The highest BCUT2D eigenvalue weighted by atomic mass is 19.1. The molecule has 0 saturated heterocycles. The topological polar surface area (TPSA) is 58.2 Å². The molecule has 0 saturated carbocycles. The molecule has 4 nitrogen and oxygen atoms in total. The lowest BCUT2D eigenvalue weighted by molar-refractivity contribution is -0.126. The van der Waals surface area contributed by atoms with E-state index in [1.807, 2.05) is 25.1 Å². The van der Waals surface area contributed by atoms with Gasteiger partial charge in [-0.05, 0) is 36.2 Å². The molecule has 0 aliphatic heterocycles. The summed E-state index contributed by atoms with van der Waals surface area (Å²) in [6.45, 7) is 2.14.